The predicted molar refractivity (Wildman–Crippen MR) is 114 cm³/mol. The van der Waals surface area contributed by atoms with E-state index in [9.17, 15) is 0 Å². The number of rotatable bonds is 3. The van der Waals surface area contributed by atoms with E-state index in [1.165, 1.54) is 33.5 Å². The Morgan fingerprint density at radius 3 is 1.80 bits per heavy atom. The van der Waals surface area contributed by atoms with Gasteiger partial charge in [0.15, 0.2) is 0 Å². The van der Waals surface area contributed by atoms with Crippen molar-refractivity contribution < 1.29 is 0 Å². The van der Waals surface area contributed by atoms with Gasteiger partial charge >= 0.3 is 0 Å². The van der Waals surface area contributed by atoms with Crippen LogP contribution in [-0.2, 0) is 10.8 Å². The molecule has 1 heteroatoms. The van der Waals surface area contributed by atoms with Gasteiger partial charge in [-0.3, -0.25) is 0 Å². The molecule has 2 aromatic rings. The first-order chi connectivity index (χ1) is 11.6. The van der Waals surface area contributed by atoms with E-state index in [2.05, 4.69) is 90.2 Å². The van der Waals surface area contributed by atoms with E-state index in [4.69, 9.17) is 0 Å². The summed E-state index contributed by atoms with van der Waals surface area (Å²) in [4.78, 5) is 0. The maximum atomic E-state index is 3.46. The topological polar surface area (TPSA) is 12.0 Å². The lowest BCUT2D eigenvalue weighted by molar-refractivity contribution is 0.575. The van der Waals surface area contributed by atoms with Gasteiger partial charge in [0, 0.05) is 18.2 Å². The van der Waals surface area contributed by atoms with Gasteiger partial charge in [-0.05, 0) is 47.1 Å². The van der Waals surface area contributed by atoms with E-state index in [1.54, 1.807) is 0 Å². The van der Waals surface area contributed by atoms with E-state index in [0.717, 1.165) is 0 Å². The van der Waals surface area contributed by atoms with Crippen LogP contribution >= 0.6 is 0 Å². The first-order valence-electron chi connectivity index (χ1n) is 9.49. The van der Waals surface area contributed by atoms with E-state index in [-0.39, 0.29) is 10.8 Å². The number of aryl methyl sites for hydroxylation is 1. The Bertz CT molecular complexity index is 688. The predicted octanol–water partition coefficient (Wildman–Crippen LogP) is 6.99. The Morgan fingerprint density at radius 1 is 0.840 bits per heavy atom. The number of nitrogens with one attached hydrogen (secondary N) is 1. The van der Waals surface area contributed by atoms with Crippen LogP contribution in [0.1, 0.15) is 76.3 Å². The van der Waals surface area contributed by atoms with Crippen LogP contribution in [0.4, 0.5) is 5.69 Å². The monoisotopic (exact) mass is 339 g/mol. The maximum Gasteiger partial charge on any atom is 0.0411 e. The third-order valence-corrected chi connectivity index (χ3v) is 4.96. The second kappa shape index (κ2) is 8.08. The highest BCUT2D eigenvalue weighted by Gasteiger charge is 2.31. The smallest absolute Gasteiger partial charge is 0.0411 e. The van der Waals surface area contributed by atoms with Gasteiger partial charge in [-0.1, -0.05) is 84.9 Å². The zero-order chi connectivity index (χ0) is 19.4. The van der Waals surface area contributed by atoms with Gasteiger partial charge < -0.3 is 5.32 Å². The average Bonchev–Trinajstić information content (AvgIpc) is 2.57. The number of hydrogen-bond donors (Lipinski definition) is 1. The Hall–Kier alpha value is -1.76. The lowest BCUT2D eigenvalue weighted by Gasteiger charge is -2.35. The second-order valence-corrected chi connectivity index (χ2v) is 8.11. The molecular formula is C24H37N. The molecule has 2 aromatic carbocycles. The standard InChI is InChI=1S/C22H31N.C2H6/c1-15-14-18(21(3,4)5)16(2)19(20(15)23-8)22(6,7)17-12-10-9-11-13-17;1-2/h9-14,23H,1-8H3;1-2H3. The van der Waals surface area contributed by atoms with Crippen molar-refractivity contribution in [2.75, 3.05) is 12.4 Å². The minimum Gasteiger partial charge on any atom is -0.388 e. The lowest BCUT2D eigenvalue weighted by atomic mass is 9.71. The van der Waals surface area contributed by atoms with Gasteiger partial charge in [-0.25, -0.2) is 0 Å². The van der Waals surface area contributed by atoms with Crippen molar-refractivity contribution in [3.8, 4) is 0 Å². The fourth-order valence-electron chi connectivity index (χ4n) is 3.80. The molecule has 1 nitrogen and oxygen atoms in total. The van der Waals surface area contributed by atoms with Crippen molar-refractivity contribution >= 4 is 5.69 Å². The zero-order valence-corrected chi connectivity index (χ0v) is 18.0. The molecule has 0 atom stereocenters. The SMILES string of the molecule is CC.CNc1c(C)cc(C(C)(C)C)c(C)c1C(C)(C)c1ccccc1. The minimum atomic E-state index is -0.0459. The molecule has 0 saturated carbocycles. The summed E-state index contributed by atoms with van der Waals surface area (Å²) in [5, 5.41) is 3.46. The van der Waals surface area contributed by atoms with Crippen molar-refractivity contribution in [3.05, 3.63) is 64.2 Å². The summed E-state index contributed by atoms with van der Waals surface area (Å²) in [6, 6.07) is 13.2. The summed E-state index contributed by atoms with van der Waals surface area (Å²) in [6.45, 7) is 20.0. The number of benzene rings is 2. The minimum absolute atomic E-state index is 0.0459. The molecule has 0 unspecified atom stereocenters. The first kappa shape index (κ1) is 21.3. The molecule has 0 aromatic heterocycles. The van der Waals surface area contributed by atoms with Crippen molar-refractivity contribution in [1.29, 1.82) is 0 Å². The first-order valence-corrected chi connectivity index (χ1v) is 9.49. The van der Waals surface area contributed by atoms with Crippen molar-refractivity contribution in [2.45, 2.75) is 73.1 Å². The summed E-state index contributed by atoms with van der Waals surface area (Å²) in [5.41, 5.74) is 8.29. The molecule has 0 spiro atoms. The molecule has 0 aliphatic carbocycles. The van der Waals surface area contributed by atoms with E-state index in [1.807, 2.05) is 20.9 Å². The highest BCUT2D eigenvalue weighted by Crippen LogP contribution is 2.43. The Balaban J connectivity index is 0.00000151. The third kappa shape index (κ3) is 4.26. The van der Waals surface area contributed by atoms with Gasteiger partial charge in [-0.15, -0.1) is 0 Å². The normalized spacial score (nSPS) is 11.6. The van der Waals surface area contributed by atoms with Crippen LogP contribution in [0.2, 0.25) is 0 Å². The van der Waals surface area contributed by atoms with Crippen molar-refractivity contribution in [2.24, 2.45) is 0 Å². The van der Waals surface area contributed by atoms with Crippen LogP contribution < -0.4 is 5.32 Å². The number of hydrogen-bond acceptors (Lipinski definition) is 1. The van der Waals surface area contributed by atoms with E-state index in [0.29, 0.717) is 0 Å². The van der Waals surface area contributed by atoms with Crippen LogP contribution in [0, 0.1) is 13.8 Å². The quantitative estimate of drug-likeness (QED) is 0.635. The fourth-order valence-corrected chi connectivity index (χ4v) is 3.80. The maximum absolute atomic E-state index is 3.46. The van der Waals surface area contributed by atoms with Gasteiger partial charge in [0.25, 0.3) is 0 Å². The van der Waals surface area contributed by atoms with E-state index < -0.39 is 0 Å². The molecule has 2 rings (SSSR count). The van der Waals surface area contributed by atoms with Gasteiger partial charge in [0.05, 0.1) is 0 Å². The fraction of sp³-hybridized carbons (Fsp3) is 0.500. The summed E-state index contributed by atoms with van der Waals surface area (Å²) in [6.07, 6.45) is 0. The van der Waals surface area contributed by atoms with Crippen molar-refractivity contribution in [3.63, 3.8) is 0 Å². The highest BCUT2D eigenvalue weighted by atomic mass is 14.8. The van der Waals surface area contributed by atoms with Gasteiger partial charge in [0.1, 0.15) is 0 Å². The van der Waals surface area contributed by atoms with Crippen LogP contribution in [0.5, 0.6) is 0 Å². The number of anilines is 1. The molecule has 0 amide bonds. The summed E-state index contributed by atoms with van der Waals surface area (Å²) in [5.74, 6) is 0. The van der Waals surface area contributed by atoms with Crippen molar-refractivity contribution in [1.82, 2.24) is 0 Å². The summed E-state index contributed by atoms with van der Waals surface area (Å²) >= 11 is 0. The van der Waals surface area contributed by atoms with Crippen LogP contribution in [0.3, 0.4) is 0 Å². The second-order valence-electron chi connectivity index (χ2n) is 8.11. The zero-order valence-electron chi connectivity index (χ0n) is 18.0. The molecule has 0 saturated heterocycles. The van der Waals surface area contributed by atoms with Crippen LogP contribution in [-0.4, -0.2) is 7.05 Å². The molecule has 138 valence electrons. The largest absolute Gasteiger partial charge is 0.388 e. The van der Waals surface area contributed by atoms with E-state index >= 15 is 0 Å². The Morgan fingerprint density at radius 2 is 1.36 bits per heavy atom. The summed E-state index contributed by atoms with van der Waals surface area (Å²) < 4.78 is 0. The molecule has 0 bridgehead atoms. The highest BCUT2D eigenvalue weighted by molar-refractivity contribution is 5.67. The molecule has 0 heterocycles. The van der Waals surface area contributed by atoms with Gasteiger partial charge in [0.2, 0.25) is 0 Å². The molecule has 0 aliphatic rings. The molecule has 0 aliphatic heterocycles. The Labute approximate surface area is 155 Å². The molecule has 0 fully saturated rings. The van der Waals surface area contributed by atoms with Gasteiger partial charge in [-0.2, -0.15) is 0 Å². The molecule has 0 radical (unpaired) electrons. The molecule has 25 heavy (non-hydrogen) atoms. The van der Waals surface area contributed by atoms with Crippen LogP contribution in [0.15, 0.2) is 36.4 Å². The Kier molecular flexibility index (Phi) is 6.88. The summed E-state index contributed by atoms with van der Waals surface area (Å²) in [7, 11) is 2.03. The molecular weight excluding hydrogens is 302 g/mol. The average molecular weight is 340 g/mol. The third-order valence-electron chi connectivity index (χ3n) is 4.96. The van der Waals surface area contributed by atoms with Crippen LogP contribution in [0.25, 0.3) is 0 Å². The lowest BCUT2D eigenvalue weighted by Crippen LogP contribution is -2.25. The molecule has 1 N–H and O–H groups in total.